The smallest absolute Gasteiger partial charge is 0.256 e. The molecule has 0 bridgehead atoms. The molecule has 0 radical (unpaired) electrons. The Morgan fingerprint density at radius 1 is 1.07 bits per heavy atom. The number of hydrogen-bond acceptors (Lipinski definition) is 4. The number of nitrogens with zero attached hydrogens (tertiary/aromatic N) is 2. The summed E-state index contributed by atoms with van der Waals surface area (Å²) < 4.78 is 21.5. The maximum absolute atomic E-state index is 14.0. The number of nitrogens with one attached hydrogen (secondary N) is 2. The lowest BCUT2D eigenvalue weighted by molar-refractivity contribution is -0.129. The zero-order chi connectivity index (χ0) is 27.7. The number of rotatable bonds is 6. The van der Waals surface area contributed by atoms with Crippen LogP contribution in [-0.2, 0) is 21.5 Å². The van der Waals surface area contributed by atoms with Gasteiger partial charge in [-0.25, -0.2) is 4.39 Å². The van der Waals surface area contributed by atoms with E-state index >= 15 is 0 Å². The first-order valence-electron chi connectivity index (χ1n) is 14.4. The third kappa shape index (κ3) is 5.37. The van der Waals surface area contributed by atoms with Crippen molar-refractivity contribution in [3.8, 4) is 0 Å². The minimum Gasteiger partial charge on any atom is -0.381 e. The summed E-state index contributed by atoms with van der Waals surface area (Å²) in [5.41, 5.74) is 1.62. The van der Waals surface area contributed by atoms with E-state index in [2.05, 4.69) is 15.2 Å². The molecule has 6 rings (SSSR count). The van der Waals surface area contributed by atoms with Crippen molar-refractivity contribution < 1.29 is 18.7 Å². The molecule has 3 fully saturated rings. The molecule has 9 heteroatoms. The lowest BCUT2D eigenvalue weighted by Crippen LogP contribution is -2.54. The maximum Gasteiger partial charge on any atom is 0.256 e. The van der Waals surface area contributed by atoms with E-state index in [1.807, 2.05) is 29.3 Å². The number of benzene rings is 2. The third-order valence-electron chi connectivity index (χ3n) is 9.00. The van der Waals surface area contributed by atoms with Crippen molar-refractivity contribution >= 4 is 34.3 Å². The Hall–Kier alpha value is -2.94. The summed E-state index contributed by atoms with van der Waals surface area (Å²) in [6, 6.07) is 12.1. The summed E-state index contributed by atoms with van der Waals surface area (Å²) >= 11 is 6.38. The average Bonchev–Trinajstić information content (AvgIpc) is 3.61. The van der Waals surface area contributed by atoms with Crippen LogP contribution >= 0.6 is 11.6 Å². The minimum absolute atomic E-state index is 0.0419. The molecule has 4 heterocycles. The van der Waals surface area contributed by atoms with Gasteiger partial charge in [0, 0.05) is 67.6 Å². The Bertz CT molecular complexity index is 1370. The molecule has 2 N–H and O–H groups in total. The van der Waals surface area contributed by atoms with E-state index in [1.165, 1.54) is 12.1 Å². The largest absolute Gasteiger partial charge is 0.381 e. The average molecular weight is 567 g/mol. The van der Waals surface area contributed by atoms with Crippen molar-refractivity contribution in [1.29, 1.82) is 0 Å². The summed E-state index contributed by atoms with van der Waals surface area (Å²) in [5, 5.41) is 7.97. The van der Waals surface area contributed by atoms with Gasteiger partial charge in [-0.05, 0) is 80.5 Å². The van der Waals surface area contributed by atoms with Crippen LogP contribution in [0.2, 0.25) is 5.02 Å². The number of likely N-dealkylation sites (tertiary alicyclic amines) is 1. The minimum atomic E-state index is -0.812. The van der Waals surface area contributed by atoms with E-state index in [1.54, 1.807) is 12.1 Å². The highest BCUT2D eigenvalue weighted by molar-refractivity contribution is 6.31. The first-order chi connectivity index (χ1) is 19.4. The van der Waals surface area contributed by atoms with Crippen molar-refractivity contribution in [2.24, 2.45) is 5.92 Å². The summed E-state index contributed by atoms with van der Waals surface area (Å²) in [5.74, 6) is 0.0800. The van der Waals surface area contributed by atoms with E-state index in [0.717, 1.165) is 68.6 Å². The molecule has 40 heavy (non-hydrogen) atoms. The number of fused-ring (bicyclic) bond motifs is 1. The van der Waals surface area contributed by atoms with Crippen molar-refractivity contribution in [2.75, 3.05) is 39.4 Å². The lowest BCUT2D eigenvalue weighted by atomic mass is 9.71. The first kappa shape index (κ1) is 27.2. The fourth-order valence-electron chi connectivity index (χ4n) is 6.58. The van der Waals surface area contributed by atoms with Gasteiger partial charge in [0.15, 0.2) is 0 Å². The fraction of sp³-hybridized carbons (Fsp3) is 0.484. The number of carbonyl (C=O) groups is 2. The highest BCUT2D eigenvalue weighted by Gasteiger charge is 2.44. The van der Waals surface area contributed by atoms with Crippen LogP contribution in [0.5, 0.6) is 0 Å². The standard InChI is InChI=1S/C31H36ClFN4O3/c32-23-3-6-28-26(17-23)27(20-37(28)19-21-8-15-40-16-9-21)29(38)36-13-10-31(11-14-36,22-1-4-24(33)5-2-22)30(39)35-25-7-12-34-18-25/h1-6,17,20-21,25,34H,7-16,18-19H2,(H,35,39)/t25-/m1/s1. The number of piperidine rings is 1. The van der Waals surface area contributed by atoms with Gasteiger partial charge in [0.25, 0.3) is 5.91 Å². The second-order valence-electron chi connectivity index (χ2n) is 11.5. The number of halogens is 2. The molecule has 3 aliphatic rings. The fourth-order valence-corrected chi connectivity index (χ4v) is 6.75. The monoisotopic (exact) mass is 566 g/mol. The van der Waals surface area contributed by atoms with Gasteiger partial charge in [-0.1, -0.05) is 23.7 Å². The number of amides is 2. The molecule has 0 spiro atoms. The summed E-state index contributed by atoms with van der Waals surface area (Å²) in [4.78, 5) is 29.6. The molecule has 3 aromatic rings. The van der Waals surface area contributed by atoms with Crippen LogP contribution in [0.25, 0.3) is 10.9 Å². The SMILES string of the molecule is O=C(c1cn(CC2CCOCC2)c2ccc(Cl)cc12)N1CCC(C(=O)N[C@@H]2CCNC2)(c2ccc(F)cc2)CC1. The van der Waals surface area contributed by atoms with Crippen molar-refractivity contribution in [3.05, 3.63) is 70.6 Å². The zero-order valence-electron chi connectivity index (χ0n) is 22.6. The zero-order valence-corrected chi connectivity index (χ0v) is 23.4. The predicted molar refractivity (Wildman–Crippen MR) is 153 cm³/mol. The lowest BCUT2D eigenvalue weighted by Gasteiger charge is -2.41. The normalized spacial score (nSPS) is 21.6. The molecule has 2 amide bonds. The number of hydrogen-bond donors (Lipinski definition) is 2. The van der Waals surface area contributed by atoms with Crippen LogP contribution < -0.4 is 10.6 Å². The van der Waals surface area contributed by atoms with Crippen LogP contribution in [0, 0.1) is 11.7 Å². The Morgan fingerprint density at radius 2 is 1.82 bits per heavy atom. The molecular weight excluding hydrogens is 531 g/mol. The summed E-state index contributed by atoms with van der Waals surface area (Å²) in [7, 11) is 0. The maximum atomic E-state index is 14.0. The predicted octanol–water partition coefficient (Wildman–Crippen LogP) is 4.51. The van der Waals surface area contributed by atoms with Crippen molar-refractivity contribution in [2.45, 2.75) is 50.1 Å². The molecule has 3 aliphatic heterocycles. The Labute approximate surface area is 239 Å². The van der Waals surface area contributed by atoms with E-state index in [9.17, 15) is 14.0 Å². The quantitative estimate of drug-likeness (QED) is 0.460. The van der Waals surface area contributed by atoms with Gasteiger partial charge in [0.2, 0.25) is 5.91 Å². The van der Waals surface area contributed by atoms with Crippen LogP contribution in [0.3, 0.4) is 0 Å². The number of aromatic nitrogens is 1. The van der Waals surface area contributed by atoms with Gasteiger partial charge < -0.3 is 24.8 Å². The second kappa shape index (κ2) is 11.5. The van der Waals surface area contributed by atoms with Gasteiger partial charge >= 0.3 is 0 Å². The molecule has 0 aliphatic carbocycles. The highest BCUT2D eigenvalue weighted by atomic mass is 35.5. The highest BCUT2D eigenvalue weighted by Crippen LogP contribution is 2.38. The van der Waals surface area contributed by atoms with Gasteiger partial charge in [0.1, 0.15) is 5.82 Å². The van der Waals surface area contributed by atoms with Crippen LogP contribution in [0.4, 0.5) is 4.39 Å². The number of carbonyl (C=O) groups excluding carboxylic acids is 2. The van der Waals surface area contributed by atoms with Gasteiger partial charge in [-0.3, -0.25) is 9.59 Å². The van der Waals surface area contributed by atoms with E-state index in [0.29, 0.717) is 42.4 Å². The van der Waals surface area contributed by atoms with Crippen LogP contribution in [0.1, 0.15) is 48.0 Å². The first-order valence-corrected chi connectivity index (χ1v) is 14.7. The molecule has 2 aromatic carbocycles. The van der Waals surface area contributed by atoms with Crippen LogP contribution in [0.15, 0.2) is 48.7 Å². The summed E-state index contributed by atoms with van der Waals surface area (Å²) in [6.45, 7) is 4.86. The van der Waals surface area contributed by atoms with E-state index in [4.69, 9.17) is 16.3 Å². The van der Waals surface area contributed by atoms with Crippen molar-refractivity contribution in [3.63, 3.8) is 0 Å². The molecule has 1 atom stereocenters. The molecular formula is C31H36ClFN4O3. The van der Waals surface area contributed by atoms with E-state index in [-0.39, 0.29) is 23.7 Å². The Morgan fingerprint density at radius 3 is 2.52 bits per heavy atom. The Kier molecular flexibility index (Phi) is 7.84. The second-order valence-corrected chi connectivity index (χ2v) is 11.9. The molecule has 212 valence electrons. The third-order valence-corrected chi connectivity index (χ3v) is 9.24. The molecule has 7 nitrogen and oxygen atoms in total. The Balaban J connectivity index is 1.25. The van der Waals surface area contributed by atoms with Crippen LogP contribution in [-0.4, -0.2) is 66.7 Å². The number of ether oxygens (including phenoxy) is 1. The summed E-state index contributed by atoms with van der Waals surface area (Å²) in [6.07, 6.45) is 5.81. The van der Waals surface area contributed by atoms with Gasteiger partial charge in [-0.15, -0.1) is 0 Å². The van der Waals surface area contributed by atoms with Gasteiger partial charge in [-0.2, -0.15) is 0 Å². The van der Waals surface area contributed by atoms with E-state index < -0.39 is 5.41 Å². The topological polar surface area (TPSA) is 75.6 Å². The van der Waals surface area contributed by atoms with Gasteiger partial charge in [0.05, 0.1) is 11.0 Å². The molecule has 1 aromatic heterocycles. The molecule has 0 unspecified atom stereocenters. The molecule has 0 saturated carbocycles. The van der Waals surface area contributed by atoms with Crippen molar-refractivity contribution in [1.82, 2.24) is 20.1 Å². The molecule has 3 saturated heterocycles.